The van der Waals surface area contributed by atoms with E-state index in [4.69, 9.17) is 9.57 Å². The normalized spacial score (nSPS) is 15.2. The van der Waals surface area contributed by atoms with Crippen molar-refractivity contribution in [1.82, 2.24) is 5.06 Å². The molecule has 3 nitrogen and oxygen atoms in total. The maximum absolute atomic E-state index is 5.99. The zero-order valence-corrected chi connectivity index (χ0v) is 14.9. The zero-order valence-electron chi connectivity index (χ0n) is 14.9. The predicted molar refractivity (Wildman–Crippen MR) is 98.1 cm³/mol. The minimum Gasteiger partial charge on any atom is -0.496 e. The van der Waals surface area contributed by atoms with Crippen molar-refractivity contribution in [2.45, 2.75) is 39.2 Å². The van der Waals surface area contributed by atoms with Crippen LogP contribution in [0.15, 0.2) is 42.5 Å². The average molecular weight is 325 g/mol. The highest BCUT2D eigenvalue weighted by Gasteiger charge is 2.15. The molecule has 0 bridgehead atoms. The van der Waals surface area contributed by atoms with E-state index in [0.717, 1.165) is 24.4 Å². The van der Waals surface area contributed by atoms with Crippen LogP contribution in [0.2, 0.25) is 0 Å². The fourth-order valence-electron chi connectivity index (χ4n) is 3.18. The lowest BCUT2D eigenvalue weighted by molar-refractivity contribution is -0.153. The first-order valence-corrected chi connectivity index (χ1v) is 8.83. The standard InChI is InChI=1S/C21H27NO2/c1-16(2)17-10-11-21(23-3)20(14-17)19-9-5-4-8-18(19)15-24-22-12-6-7-13-22/h4-5,8-11,14,16H,6-7,12-13,15H2,1-3H3. The maximum atomic E-state index is 5.99. The Morgan fingerprint density at radius 2 is 1.75 bits per heavy atom. The highest BCUT2D eigenvalue weighted by atomic mass is 16.7. The lowest BCUT2D eigenvalue weighted by Gasteiger charge is -2.18. The summed E-state index contributed by atoms with van der Waals surface area (Å²) < 4.78 is 5.62. The van der Waals surface area contributed by atoms with Crippen LogP contribution >= 0.6 is 0 Å². The van der Waals surface area contributed by atoms with E-state index in [1.165, 1.54) is 29.5 Å². The number of hydrogen-bond donors (Lipinski definition) is 0. The van der Waals surface area contributed by atoms with Gasteiger partial charge < -0.3 is 4.74 Å². The Hall–Kier alpha value is -1.84. The van der Waals surface area contributed by atoms with Gasteiger partial charge in [-0.1, -0.05) is 44.2 Å². The molecule has 0 aliphatic carbocycles. The quantitative estimate of drug-likeness (QED) is 0.745. The third kappa shape index (κ3) is 3.80. The van der Waals surface area contributed by atoms with Gasteiger partial charge in [-0.05, 0) is 47.6 Å². The molecule has 1 fully saturated rings. The summed E-state index contributed by atoms with van der Waals surface area (Å²) in [5, 5.41) is 2.08. The monoisotopic (exact) mass is 325 g/mol. The first kappa shape index (κ1) is 17.0. The van der Waals surface area contributed by atoms with Crippen molar-refractivity contribution in [2.75, 3.05) is 20.2 Å². The van der Waals surface area contributed by atoms with Crippen LogP contribution in [0.1, 0.15) is 43.7 Å². The van der Waals surface area contributed by atoms with Crippen LogP contribution in [0.4, 0.5) is 0 Å². The maximum Gasteiger partial charge on any atom is 0.126 e. The predicted octanol–water partition coefficient (Wildman–Crippen LogP) is 5.01. The van der Waals surface area contributed by atoms with Crippen LogP contribution in [0.3, 0.4) is 0 Å². The highest BCUT2D eigenvalue weighted by Crippen LogP contribution is 2.35. The number of ether oxygens (including phenoxy) is 1. The minimum atomic E-state index is 0.489. The lowest BCUT2D eigenvalue weighted by Crippen LogP contribution is -2.19. The Bertz CT molecular complexity index is 675. The second kappa shape index (κ2) is 7.82. The summed E-state index contributed by atoms with van der Waals surface area (Å²) in [6.45, 7) is 7.11. The minimum absolute atomic E-state index is 0.489. The van der Waals surface area contributed by atoms with E-state index in [2.05, 4.69) is 61.4 Å². The van der Waals surface area contributed by atoms with Gasteiger partial charge in [-0.2, -0.15) is 5.06 Å². The zero-order chi connectivity index (χ0) is 16.9. The Kier molecular flexibility index (Phi) is 5.54. The van der Waals surface area contributed by atoms with E-state index >= 15 is 0 Å². The van der Waals surface area contributed by atoms with Crippen LogP contribution in [0.5, 0.6) is 5.75 Å². The molecule has 0 atom stereocenters. The van der Waals surface area contributed by atoms with Crippen molar-refractivity contribution in [3.8, 4) is 16.9 Å². The number of methoxy groups -OCH3 is 1. The molecule has 1 saturated heterocycles. The Labute approximate surface area is 145 Å². The van der Waals surface area contributed by atoms with Crippen LogP contribution in [0.25, 0.3) is 11.1 Å². The lowest BCUT2D eigenvalue weighted by atomic mass is 9.94. The summed E-state index contributed by atoms with van der Waals surface area (Å²) in [6.07, 6.45) is 2.46. The summed E-state index contributed by atoms with van der Waals surface area (Å²) in [4.78, 5) is 5.99. The number of hydrogen-bond acceptors (Lipinski definition) is 3. The van der Waals surface area contributed by atoms with Gasteiger partial charge in [-0.25, -0.2) is 0 Å². The van der Waals surface area contributed by atoms with Crippen molar-refractivity contribution in [3.05, 3.63) is 53.6 Å². The first-order chi connectivity index (χ1) is 11.7. The van der Waals surface area contributed by atoms with Crippen LogP contribution in [0, 0.1) is 0 Å². The summed E-state index contributed by atoms with van der Waals surface area (Å²) in [7, 11) is 1.73. The SMILES string of the molecule is COc1ccc(C(C)C)cc1-c1ccccc1CON1CCCC1. The molecule has 3 rings (SSSR count). The summed E-state index contributed by atoms with van der Waals surface area (Å²) in [5.74, 6) is 1.40. The van der Waals surface area contributed by atoms with Gasteiger partial charge in [-0.15, -0.1) is 0 Å². The van der Waals surface area contributed by atoms with Gasteiger partial charge in [0.05, 0.1) is 13.7 Å². The van der Waals surface area contributed by atoms with Gasteiger partial charge in [-0.3, -0.25) is 4.84 Å². The van der Waals surface area contributed by atoms with Gasteiger partial charge in [0, 0.05) is 18.7 Å². The third-order valence-electron chi connectivity index (χ3n) is 4.67. The molecule has 0 spiro atoms. The van der Waals surface area contributed by atoms with E-state index in [1.54, 1.807) is 7.11 Å². The van der Waals surface area contributed by atoms with Crippen LogP contribution in [-0.2, 0) is 11.4 Å². The van der Waals surface area contributed by atoms with E-state index in [9.17, 15) is 0 Å². The Morgan fingerprint density at radius 1 is 1.00 bits per heavy atom. The van der Waals surface area contributed by atoms with Crippen molar-refractivity contribution < 1.29 is 9.57 Å². The molecule has 0 saturated carbocycles. The number of hydroxylamine groups is 2. The van der Waals surface area contributed by atoms with E-state index in [0.29, 0.717) is 12.5 Å². The fourth-order valence-corrected chi connectivity index (χ4v) is 3.18. The first-order valence-electron chi connectivity index (χ1n) is 8.83. The second-order valence-electron chi connectivity index (χ2n) is 6.68. The molecule has 0 unspecified atom stereocenters. The van der Waals surface area contributed by atoms with Gasteiger partial charge in [0.2, 0.25) is 0 Å². The molecule has 0 aromatic heterocycles. The number of benzene rings is 2. The van der Waals surface area contributed by atoms with Gasteiger partial charge in [0.15, 0.2) is 0 Å². The number of nitrogens with zero attached hydrogens (tertiary/aromatic N) is 1. The van der Waals surface area contributed by atoms with Crippen molar-refractivity contribution in [1.29, 1.82) is 0 Å². The molecule has 0 N–H and O–H groups in total. The molecule has 3 heteroatoms. The molecular formula is C21H27NO2. The molecule has 0 amide bonds. The highest BCUT2D eigenvalue weighted by molar-refractivity contribution is 5.74. The third-order valence-corrected chi connectivity index (χ3v) is 4.67. The fraction of sp³-hybridized carbons (Fsp3) is 0.429. The van der Waals surface area contributed by atoms with E-state index < -0.39 is 0 Å². The molecular weight excluding hydrogens is 298 g/mol. The van der Waals surface area contributed by atoms with Crippen LogP contribution < -0.4 is 4.74 Å². The van der Waals surface area contributed by atoms with Crippen molar-refractivity contribution in [2.24, 2.45) is 0 Å². The molecule has 24 heavy (non-hydrogen) atoms. The molecule has 2 aromatic carbocycles. The Balaban J connectivity index is 1.92. The van der Waals surface area contributed by atoms with Crippen molar-refractivity contribution in [3.63, 3.8) is 0 Å². The molecule has 1 heterocycles. The average Bonchev–Trinajstić information content (AvgIpc) is 3.13. The summed E-state index contributed by atoms with van der Waals surface area (Å²) in [6, 6.07) is 14.9. The summed E-state index contributed by atoms with van der Waals surface area (Å²) >= 11 is 0. The molecule has 128 valence electrons. The van der Waals surface area contributed by atoms with E-state index in [-0.39, 0.29) is 0 Å². The summed E-state index contributed by atoms with van der Waals surface area (Å²) in [5.41, 5.74) is 4.85. The van der Waals surface area contributed by atoms with Gasteiger partial charge in [0.25, 0.3) is 0 Å². The van der Waals surface area contributed by atoms with Gasteiger partial charge in [0.1, 0.15) is 5.75 Å². The molecule has 0 radical (unpaired) electrons. The molecule has 2 aromatic rings. The second-order valence-corrected chi connectivity index (χ2v) is 6.68. The van der Waals surface area contributed by atoms with Crippen LogP contribution in [-0.4, -0.2) is 25.3 Å². The molecule has 1 aliphatic rings. The topological polar surface area (TPSA) is 21.7 Å². The Morgan fingerprint density at radius 3 is 2.46 bits per heavy atom. The largest absolute Gasteiger partial charge is 0.496 e. The van der Waals surface area contributed by atoms with E-state index in [1.807, 2.05) is 0 Å². The number of rotatable bonds is 6. The molecule has 1 aliphatic heterocycles. The smallest absolute Gasteiger partial charge is 0.126 e. The van der Waals surface area contributed by atoms with Crippen molar-refractivity contribution >= 4 is 0 Å². The van der Waals surface area contributed by atoms with Gasteiger partial charge >= 0.3 is 0 Å².